The van der Waals surface area contributed by atoms with Gasteiger partial charge in [-0.1, -0.05) is 0 Å². The van der Waals surface area contributed by atoms with Crippen LogP contribution in [0.2, 0.25) is 0 Å². The number of nitrogens with two attached hydrogens (primary N) is 1. The van der Waals surface area contributed by atoms with Crippen molar-refractivity contribution in [1.82, 2.24) is 4.90 Å². The number of aliphatic carboxylic acids is 1. The normalized spacial score (nSPS) is 23.7. The van der Waals surface area contributed by atoms with Crippen LogP contribution in [0.4, 0.5) is 4.79 Å². The highest BCUT2D eigenvalue weighted by Gasteiger charge is 2.23. The maximum absolute atomic E-state index is 10.8. The van der Waals surface area contributed by atoms with Crippen LogP contribution in [0.1, 0.15) is 19.3 Å². The quantitative estimate of drug-likeness (QED) is 0.615. The largest absolute Gasteiger partial charge is 0.481 e. The van der Waals surface area contributed by atoms with Crippen LogP contribution in [0, 0.1) is 5.92 Å². The molecule has 0 aliphatic carbocycles. The number of primary amides is 1. The van der Waals surface area contributed by atoms with Crippen LogP contribution in [0.25, 0.3) is 0 Å². The number of carbonyl (C=O) groups excluding carboxylic acids is 1. The Kier molecular flexibility index (Phi) is 3.11. The predicted octanol–water partition coefficient (Wildman–Crippen LogP) is 0.252. The molecule has 1 aliphatic heterocycles. The third-order valence-electron chi connectivity index (χ3n) is 2.39. The maximum Gasteiger partial charge on any atom is 0.314 e. The molecule has 2 amide bonds. The molecule has 5 nitrogen and oxygen atoms in total. The van der Waals surface area contributed by atoms with E-state index in [1.165, 1.54) is 4.90 Å². The van der Waals surface area contributed by atoms with Crippen molar-refractivity contribution in [2.24, 2.45) is 11.7 Å². The maximum atomic E-state index is 10.8. The fraction of sp³-hybridized carbons (Fsp3) is 0.750. The van der Waals surface area contributed by atoms with E-state index in [2.05, 4.69) is 0 Å². The molecule has 1 heterocycles. The van der Waals surface area contributed by atoms with Crippen molar-refractivity contribution in [3.63, 3.8) is 0 Å². The average Bonchev–Trinajstić information content (AvgIpc) is 2.27. The molecule has 74 valence electrons. The lowest BCUT2D eigenvalue weighted by Crippen LogP contribution is -2.36. The van der Waals surface area contributed by atoms with Crippen LogP contribution in [0.5, 0.6) is 0 Å². The van der Waals surface area contributed by atoms with Crippen LogP contribution in [-0.4, -0.2) is 35.1 Å². The Morgan fingerprint density at radius 2 is 2.00 bits per heavy atom. The third-order valence-corrected chi connectivity index (χ3v) is 2.39. The first-order valence-electron chi connectivity index (χ1n) is 4.38. The minimum Gasteiger partial charge on any atom is -0.481 e. The first kappa shape index (κ1) is 9.83. The molecule has 1 rings (SSSR count). The Labute approximate surface area is 76.5 Å². The van der Waals surface area contributed by atoms with E-state index in [0.717, 1.165) is 6.42 Å². The van der Waals surface area contributed by atoms with Gasteiger partial charge in [0.05, 0.1) is 5.92 Å². The second kappa shape index (κ2) is 4.11. The number of carbonyl (C=O) groups is 2. The summed E-state index contributed by atoms with van der Waals surface area (Å²) in [7, 11) is 0. The zero-order valence-electron chi connectivity index (χ0n) is 7.40. The number of hydrogen-bond acceptors (Lipinski definition) is 2. The van der Waals surface area contributed by atoms with Gasteiger partial charge in [0.15, 0.2) is 0 Å². The van der Waals surface area contributed by atoms with Crippen molar-refractivity contribution in [1.29, 1.82) is 0 Å². The highest BCUT2D eigenvalue weighted by Crippen LogP contribution is 2.17. The zero-order valence-corrected chi connectivity index (χ0v) is 7.40. The molecule has 1 atom stereocenters. The number of amides is 2. The van der Waals surface area contributed by atoms with E-state index in [-0.39, 0.29) is 5.92 Å². The summed E-state index contributed by atoms with van der Waals surface area (Å²) in [4.78, 5) is 22.9. The summed E-state index contributed by atoms with van der Waals surface area (Å²) in [5, 5.41) is 8.75. The Hall–Kier alpha value is -1.26. The molecule has 1 aliphatic rings. The van der Waals surface area contributed by atoms with E-state index < -0.39 is 12.0 Å². The molecule has 0 aromatic heterocycles. The van der Waals surface area contributed by atoms with Crippen LogP contribution in [-0.2, 0) is 4.79 Å². The van der Waals surface area contributed by atoms with Crippen molar-refractivity contribution < 1.29 is 14.7 Å². The van der Waals surface area contributed by atoms with Gasteiger partial charge in [-0.3, -0.25) is 4.79 Å². The number of hydrogen-bond donors (Lipinski definition) is 2. The van der Waals surface area contributed by atoms with Crippen LogP contribution in [0.15, 0.2) is 0 Å². The number of likely N-dealkylation sites (tertiary alicyclic amines) is 1. The number of urea groups is 1. The summed E-state index contributed by atoms with van der Waals surface area (Å²) in [6.07, 6.45) is 1.87. The molecule has 1 fully saturated rings. The standard InChI is InChI=1S/C8H14N2O3/c9-8(13)10-4-1-2-6(3-5-10)7(11)12/h6H,1-5H2,(H2,9,13)(H,11,12). The van der Waals surface area contributed by atoms with Gasteiger partial charge >= 0.3 is 12.0 Å². The van der Waals surface area contributed by atoms with Gasteiger partial charge in [0.2, 0.25) is 0 Å². The second-order valence-electron chi connectivity index (χ2n) is 3.29. The van der Waals surface area contributed by atoms with Crippen molar-refractivity contribution in [2.75, 3.05) is 13.1 Å². The summed E-state index contributed by atoms with van der Waals surface area (Å²) in [6, 6.07) is -0.453. The molecule has 1 unspecified atom stereocenters. The van der Waals surface area contributed by atoms with Gasteiger partial charge < -0.3 is 15.7 Å². The van der Waals surface area contributed by atoms with Crippen LogP contribution < -0.4 is 5.73 Å². The summed E-state index contributed by atoms with van der Waals surface area (Å²) < 4.78 is 0. The molecule has 1 saturated heterocycles. The number of nitrogens with zero attached hydrogens (tertiary/aromatic N) is 1. The lowest BCUT2D eigenvalue weighted by atomic mass is 10.0. The van der Waals surface area contributed by atoms with Crippen LogP contribution >= 0.6 is 0 Å². The van der Waals surface area contributed by atoms with E-state index in [1.54, 1.807) is 0 Å². The zero-order chi connectivity index (χ0) is 9.84. The predicted molar refractivity (Wildman–Crippen MR) is 46.1 cm³/mol. The first-order valence-corrected chi connectivity index (χ1v) is 4.38. The van der Waals surface area contributed by atoms with E-state index in [1.807, 2.05) is 0 Å². The number of rotatable bonds is 1. The monoisotopic (exact) mass is 186 g/mol. The number of carboxylic acids is 1. The fourth-order valence-electron chi connectivity index (χ4n) is 1.56. The van der Waals surface area contributed by atoms with Crippen molar-refractivity contribution in [3.05, 3.63) is 0 Å². The number of carboxylic acid groups (broad SMARTS) is 1. The van der Waals surface area contributed by atoms with E-state index >= 15 is 0 Å². The van der Waals surface area contributed by atoms with Crippen molar-refractivity contribution in [2.45, 2.75) is 19.3 Å². The van der Waals surface area contributed by atoms with E-state index in [4.69, 9.17) is 10.8 Å². The Morgan fingerprint density at radius 1 is 1.31 bits per heavy atom. The van der Waals surface area contributed by atoms with Gasteiger partial charge in [-0.2, -0.15) is 0 Å². The lowest BCUT2D eigenvalue weighted by molar-refractivity contribution is -0.142. The van der Waals surface area contributed by atoms with Crippen LogP contribution in [0.3, 0.4) is 0 Å². The summed E-state index contributed by atoms with van der Waals surface area (Å²) >= 11 is 0. The average molecular weight is 186 g/mol. The third kappa shape index (κ3) is 2.61. The Morgan fingerprint density at radius 3 is 2.54 bits per heavy atom. The molecular formula is C8H14N2O3. The van der Waals surface area contributed by atoms with E-state index in [9.17, 15) is 9.59 Å². The van der Waals surface area contributed by atoms with Gasteiger partial charge in [-0.25, -0.2) is 4.79 Å². The SMILES string of the molecule is NC(=O)N1CCCC(C(=O)O)CC1. The first-order chi connectivity index (χ1) is 6.11. The van der Waals surface area contributed by atoms with Gasteiger partial charge in [0.1, 0.15) is 0 Å². The molecule has 0 spiro atoms. The van der Waals surface area contributed by atoms with E-state index in [0.29, 0.717) is 25.9 Å². The molecule has 3 N–H and O–H groups in total. The molecule has 5 heteroatoms. The molecule has 13 heavy (non-hydrogen) atoms. The van der Waals surface area contributed by atoms with Crippen molar-refractivity contribution in [3.8, 4) is 0 Å². The molecule has 0 aromatic rings. The summed E-state index contributed by atoms with van der Waals surface area (Å²) in [5.74, 6) is -1.09. The molecule has 0 radical (unpaired) electrons. The van der Waals surface area contributed by atoms with Gasteiger partial charge in [-0.05, 0) is 19.3 Å². The minimum atomic E-state index is -0.772. The molecule has 0 aromatic carbocycles. The molecule has 0 bridgehead atoms. The molecule has 0 saturated carbocycles. The summed E-state index contributed by atoms with van der Waals surface area (Å²) in [5.41, 5.74) is 5.10. The van der Waals surface area contributed by atoms with Crippen molar-refractivity contribution >= 4 is 12.0 Å². The topological polar surface area (TPSA) is 83.6 Å². The highest BCUT2D eigenvalue weighted by molar-refractivity contribution is 5.73. The second-order valence-corrected chi connectivity index (χ2v) is 3.29. The Bertz CT molecular complexity index is 195. The van der Waals surface area contributed by atoms with Gasteiger partial charge in [0, 0.05) is 13.1 Å². The summed E-state index contributed by atoms with van der Waals surface area (Å²) in [6.45, 7) is 1.05. The smallest absolute Gasteiger partial charge is 0.314 e. The lowest BCUT2D eigenvalue weighted by Gasteiger charge is -2.16. The van der Waals surface area contributed by atoms with Gasteiger partial charge in [0.25, 0.3) is 0 Å². The molecular weight excluding hydrogens is 172 g/mol. The minimum absolute atomic E-state index is 0.315. The highest BCUT2D eigenvalue weighted by atomic mass is 16.4. The Balaban J connectivity index is 2.48. The van der Waals surface area contributed by atoms with Gasteiger partial charge in [-0.15, -0.1) is 0 Å². The fourth-order valence-corrected chi connectivity index (χ4v) is 1.56.